The molecular weight excluding hydrogens is 354 g/mol. The zero-order chi connectivity index (χ0) is 18.7. The van der Waals surface area contributed by atoms with Crippen molar-refractivity contribution in [3.05, 3.63) is 65.5 Å². The minimum absolute atomic E-state index is 0.0665. The van der Waals surface area contributed by atoms with Crippen LogP contribution in [0, 0.1) is 6.92 Å². The number of aromatic nitrogens is 4. The number of carbonyl (C=O) groups excluding carboxylic acids is 1. The van der Waals surface area contributed by atoms with Crippen molar-refractivity contribution in [2.75, 3.05) is 0 Å². The average molecular weight is 371 g/mol. The number of sulfonamides is 1. The van der Waals surface area contributed by atoms with Crippen molar-refractivity contribution in [3.63, 3.8) is 0 Å². The van der Waals surface area contributed by atoms with E-state index in [-0.39, 0.29) is 17.2 Å². The summed E-state index contributed by atoms with van der Waals surface area (Å²) < 4.78 is 28.8. The molecule has 3 aromatic rings. The van der Waals surface area contributed by atoms with Crippen LogP contribution >= 0.6 is 0 Å². The molecule has 3 rings (SSSR count). The minimum Gasteiger partial charge on any atom is -0.295 e. The monoisotopic (exact) mass is 371 g/mol. The van der Waals surface area contributed by atoms with E-state index in [1.807, 2.05) is 31.2 Å². The van der Waals surface area contributed by atoms with Crippen molar-refractivity contribution in [3.8, 4) is 5.69 Å². The maximum Gasteiger partial charge on any atom is 0.240 e. The SMILES string of the molecule is CC(=O)c1ccc(S(=O)(=O)NCc2nnnn2-c2ccc(C)cc2)cc1. The predicted molar refractivity (Wildman–Crippen MR) is 94.4 cm³/mol. The molecule has 0 bridgehead atoms. The van der Waals surface area contributed by atoms with Crippen LogP contribution in [0.25, 0.3) is 5.69 Å². The molecule has 26 heavy (non-hydrogen) atoms. The first-order valence-electron chi connectivity index (χ1n) is 7.82. The molecule has 0 aliphatic rings. The Labute approximate surface area is 150 Å². The van der Waals surface area contributed by atoms with Gasteiger partial charge in [0.1, 0.15) is 0 Å². The van der Waals surface area contributed by atoms with E-state index in [0.29, 0.717) is 11.4 Å². The molecule has 0 saturated heterocycles. The molecule has 1 N–H and O–H groups in total. The van der Waals surface area contributed by atoms with Gasteiger partial charge in [0.05, 0.1) is 17.1 Å². The normalized spacial score (nSPS) is 11.5. The van der Waals surface area contributed by atoms with E-state index in [0.717, 1.165) is 11.3 Å². The van der Waals surface area contributed by atoms with E-state index in [9.17, 15) is 13.2 Å². The summed E-state index contributed by atoms with van der Waals surface area (Å²) in [5.41, 5.74) is 2.28. The van der Waals surface area contributed by atoms with E-state index in [1.54, 1.807) is 0 Å². The summed E-state index contributed by atoms with van der Waals surface area (Å²) in [5.74, 6) is 0.233. The second-order valence-corrected chi connectivity index (χ2v) is 7.51. The van der Waals surface area contributed by atoms with Gasteiger partial charge in [-0.25, -0.2) is 13.1 Å². The van der Waals surface area contributed by atoms with Gasteiger partial charge in [-0.15, -0.1) is 5.10 Å². The molecule has 134 valence electrons. The zero-order valence-electron chi connectivity index (χ0n) is 14.2. The van der Waals surface area contributed by atoms with Gasteiger partial charge in [0, 0.05) is 5.56 Å². The van der Waals surface area contributed by atoms with Crippen LogP contribution < -0.4 is 4.72 Å². The van der Waals surface area contributed by atoms with Gasteiger partial charge in [-0.1, -0.05) is 29.8 Å². The van der Waals surface area contributed by atoms with Crippen LogP contribution in [0.2, 0.25) is 0 Å². The number of nitrogens with one attached hydrogen (secondary N) is 1. The Kier molecular flexibility index (Phi) is 4.92. The first-order chi connectivity index (χ1) is 12.4. The molecule has 0 aliphatic heterocycles. The molecule has 1 aromatic heterocycles. The Bertz CT molecular complexity index is 1030. The highest BCUT2D eigenvalue weighted by atomic mass is 32.2. The quantitative estimate of drug-likeness (QED) is 0.660. The molecule has 8 nitrogen and oxygen atoms in total. The number of nitrogens with zero attached hydrogens (tertiary/aromatic N) is 4. The Morgan fingerprint density at radius 2 is 1.73 bits per heavy atom. The summed E-state index contributed by atoms with van der Waals surface area (Å²) in [4.78, 5) is 11.4. The summed E-state index contributed by atoms with van der Waals surface area (Å²) in [6, 6.07) is 13.3. The van der Waals surface area contributed by atoms with Crippen LogP contribution in [0.15, 0.2) is 53.4 Å². The Hall–Kier alpha value is -2.91. The van der Waals surface area contributed by atoms with Gasteiger partial charge < -0.3 is 0 Å². The van der Waals surface area contributed by atoms with Gasteiger partial charge in [-0.3, -0.25) is 4.79 Å². The molecule has 1 heterocycles. The molecule has 0 atom stereocenters. The van der Waals surface area contributed by atoms with Crippen molar-refractivity contribution >= 4 is 15.8 Å². The second kappa shape index (κ2) is 7.14. The van der Waals surface area contributed by atoms with Crippen molar-refractivity contribution < 1.29 is 13.2 Å². The van der Waals surface area contributed by atoms with Crippen molar-refractivity contribution in [2.24, 2.45) is 0 Å². The van der Waals surface area contributed by atoms with Crippen LogP contribution in [-0.2, 0) is 16.6 Å². The van der Waals surface area contributed by atoms with Crippen LogP contribution in [-0.4, -0.2) is 34.4 Å². The number of benzene rings is 2. The predicted octanol–water partition coefficient (Wildman–Crippen LogP) is 1.65. The highest BCUT2D eigenvalue weighted by molar-refractivity contribution is 7.89. The lowest BCUT2D eigenvalue weighted by atomic mass is 10.2. The second-order valence-electron chi connectivity index (χ2n) is 5.75. The lowest BCUT2D eigenvalue weighted by Crippen LogP contribution is -2.25. The third kappa shape index (κ3) is 3.84. The molecule has 9 heteroatoms. The summed E-state index contributed by atoms with van der Waals surface area (Å²) >= 11 is 0. The van der Waals surface area contributed by atoms with Crippen LogP contribution in [0.4, 0.5) is 0 Å². The summed E-state index contributed by atoms with van der Waals surface area (Å²) in [6.07, 6.45) is 0. The van der Waals surface area contributed by atoms with Crippen molar-refractivity contribution in [2.45, 2.75) is 25.3 Å². The molecule has 0 saturated carbocycles. The number of hydrogen-bond acceptors (Lipinski definition) is 6. The highest BCUT2D eigenvalue weighted by Crippen LogP contribution is 2.13. The minimum atomic E-state index is -3.75. The lowest BCUT2D eigenvalue weighted by Gasteiger charge is -2.08. The summed E-state index contributed by atoms with van der Waals surface area (Å²) in [6.45, 7) is 3.32. The molecule has 0 spiro atoms. The largest absolute Gasteiger partial charge is 0.295 e. The third-order valence-electron chi connectivity index (χ3n) is 3.80. The molecule has 0 unspecified atom stereocenters. The maximum absolute atomic E-state index is 12.4. The summed E-state index contributed by atoms with van der Waals surface area (Å²) in [5, 5.41) is 11.4. The Morgan fingerprint density at radius 1 is 1.08 bits per heavy atom. The van der Waals surface area contributed by atoms with E-state index in [2.05, 4.69) is 20.2 Å². The standard InChI is InChI=1S/C17H17N5O3S/c1-12-3-7-15(8-4-12)22-17(19-20-21-22)11-18-26(24,25)16-9-5-14(6-10-16)13(2)23/h3-10,18H,11H2,1-2H3. The molecular formula is C17H17N5O3S. The number of hydrogen-bond donors (Lipinski definition) is 1. The molecule has 0 aliphatic carbocycles. The molecule has 0 radical (unpaired) electrons. The molecule has 2 aromatic carbocycles. The average Bonchev–Trinajstić information content (AvgIpc) is 3.09. The fourth-order valence-corrected chi connectivity index (χ4v) is 3.29. The van der Waals surface area contributed by atoms with E-state index in [4.69, 9.17) is 0 Å². The fourth-order valence-electron chi connectivity index (χ4n) is 2.31. The highest BCUT2D eigenvalue weighted by Gasteiger charge is 2.17. The van der Waals surface area contributed by atoms with Gasteiger partial charge in [0.15, 0.2) is 11.6 Å². The van der Waals surface area contributed by atoms with Gasteiger partial charge in [0.2, 0.25) is 10.0 Å². The number of aryl methyl sites for hydroxylation is 1. The van der Waals surface area contributed by atoms with E-state index in [1.165, 1.54) is 35.9 Å². The summed E-state index contributed by atoms with van der Waals surface area (Å²) in [7, 11) is -3.75. The molecule has 0 fully saturated rings. The van der Waals surface area contributed by atoms with Gasteiger partial charge in [0.25, 0.3) is 0 Å². The van der Waals surface area contributed by atoms with Gasteiger partial charge >= 0.3 is 0 Å². The zero-order valence-corrected chi connectivity index (χ0v) is 15.1. The fraction of sp³-hybridized carbons (Fsp3) is 0.176. The van der Waals surface area contributed by atoms with Crippen LogP contribution in [0.1, 0.15) is 28.7 Å². The van der Waals surface area contributed by atoms with E-state index >= 15 is 0 Å². The number of Topliss-reactive ketones (excluding diaryl/α,β-unsaturated/α-hetero) is 1. The number of ketones is 1. The number of carbonyl (C=O) groups is 1. The topological polar surface area (TPSA) is 107 Å². The number of tetrazole rings is 1. The van der Waals surface area contributed by atoms with Gasteiger partial charge in [-0.2, -0.15) is 4.68 Å². The lowest BCUT2D eigenvalue weighted by molar-refractivity contribution is 0.101. The Balaban J connectivity index is 1.77. The third-order valence-corrected chi connectivity index (χ3v) is 5.22. The van der Waals surface area contributed by atoms with Crippen molar-refractivity contribution in [1.29, 1.82) is 0 Å². The smallest absolute Gasteiger partial charge is 0.240 e. The number of rotatable bonds is 6. The first-order valence-corrected chi connectivity index (χ1v) is 9.30. The van der Waals surface area contributed by atoms with Crippen LogP contribution in [0.5, 0.6) is 0 Å². The molecule has 0 amide bonds. The van der Waals surface area contributed by atoms with E-state index < -0.39 is 10.0 Å². The maximum atomic E-state index is 12.4. The van der Waals surface area contributed by atoms with Crippen LogP contribution in [0.3, 0.4) is 0 Å². The van der Waals surface area contributed by atoms with Crippen molar-refractivity contribution in [1.82, 2.24) is 24.9 Å². The first kappa shape index (κ1) is 17.9. The Morgan fingerprint density at radius 3 is 2.35 bits per heavy atom. The van der Waals surface area contributed by atoms with Gasteiger partial charge in [-0.05, 0) is 48.5 Å².